The average Bonchev–Trinajstić information content (AvgIpc) is 2.57. The minimum Gasteiger partial charge on any atom is -1.00 e. The van der Waals surface area contributed by atoms with Crippen molar-refractivity contribution in [1.29, 1.82) is 0 Å². The summed E-state index contributed by atoms with van der Waals surface area (Å²) in [7, 11) is -1.54. The Labute approximate surface area is 170 Å². The fraction of sp³-hybridized carbons (Fsp3) is 0.353. The Balaban J connectivity index is -0.000000902. The van der Waals surface area contributed by atoms with Gasteiger partial charge in [0.05, 0.1) is 8.07 Å². The molecule has 5 heteroatoms. The van der Waals surface area contributed by atoms with E-state index in [1.807, 2.05) is 0 Å². The molecular weight excluding hydrogens is 386 g/mol. The molecule has 0 aliphatic heterocycles. The molecule has 0 aliphatic rings. The van der Waals surface area contributed by atoms with Crippen LogP contribution in [0, 0.1) is 27.7 Å². The molecule has 0 aliphatic carbocycles. The SMILES string of the molecule is Cc1cc(C)cc([Si](C)(C)[c-]2cc(C)cc2C)c1.[Cl-].[Cl-].[Cl-].[Ti+4]. The second kappa shape index (κ2) is 10.3. The molecule has 0 nitrogen and oxygen atoms in total. The molecule has 0 fully saturated rings. The minimum absolute atomic E-state index is 0. The molecule has 0 unspecified atom stereocenters. The number of hydrogen-bond donors (Lipinski definition) is 0. The van der Waals surface area contributed by atoms with Crippen LogP contribution in [0.25, 0.3) is 0 Å². The topological polar surface area (TPSA) is 0 Å². The summed E-state index contributed by atoms with van der Waals surface area (Å²) in [6.45, 7) is 13.8. The molecule has 2 aromatic rings. The first-order chi connectivity index (χ1) is 8.30. The van der Waals surface area contributed by atoms with Gasteiger partial charge in [-0.15, -0.1) is 0 Å². The number of hydrogen-bond acceptors (Lipinski definition) is 0. The third kappa shape index (κ3) is 5.78. The molecule has 0 saturated heterocycles. The van der Waals surface area contributed by atoms with Gasteiger partial charge in [-0.05, 0) is 13.8 Å². The van der Waals surface area contributed by atoms with E-state index in [9.17, 15) is 0 Å². The van der Waals surface area contributed by atoms with Crippen LogP contribution in [0.1, 0.15) is 22.3 Å². The predicted molar refractivity (Wildman–Crippen MR) is 84.2 cm³/mol. The van der Waals surface area contributed by atoms with E-state index in [1.54, 1.807) is 10.4 Å². The first-order valence-electron chi connectivity index (χ1n) is 6.64. The third-order valence-corrected chi connectivity index (χ3v) is 7.48. The quantitative estimate of drug-likeness (QED) is 0.343. The molecular formula is C17H23Cl3SiTi. The van der Waals surface area contributed by atoms with E-state index in [0.29, 0.717) is 0 Å². The molecule has 0 radical (unpaired) electrons. The maximum Gasteiger partial charge on any atom is 4.00 e. The number of benzene rings is 1. The summed E-state index contributed by atoms with van der Waals surface area (Å²) >= 11 is 0. The summed E-state index contributed by atoms with van der Waals surface area (Å²) in [4.78, 5) is 0. The monoisotopic (exact) mass is 408 g/mol. The first kappa shape index (κ1) is 27.2. The predicted octanol–water partition coefficient (Wildman–Crippen LogP) is -5.53. The van der Waals surface area contributed by atoms with E-state index < -0.39 is 8.07 Å². The van der Waals surface area contributed by atoms with Crippen LogP contribution in [-0.2, 0) is 21.7 Å². The number of aryl methyl sites for hydroxylation is 4. The fourth-order valence-electron chi connectivity index (χ4n) is 2.97. The number of rotatable bonds is 2. The van der Waals surface area contributed by atoms with E-state index in [2.05, 4.69) is 71.1 Å². The first-order valence-corrected chi connectivity index (χ1v) is 9.64. The molecule has 22 heavy (non-hydrogen) atoms. The van der Waals surface area contributed by atoms with Crippen LogP contribution in [0.4, 0.5) is 0 Å². The van der Waals surface area contributed by atoms with Gasteiger partial charge in [-0.3, -0.25) is 0 Å². The summed E-state index contributed by atoms with van der Waals surface area (Å²) < 4.78 is 0. The van der Waals surface area contributed by atoms with Gasteiger partial charge in [0.1, 0.15) is 0 Å². The van der Waals surface area contributed by atoms with Crippen LogP contribution < -0.4 is 47.6 Å². The van der Waals surface area contributed by atoms with E-state index in [1.165, 1.54) is 22.3 Å². The van der Waals surface area contributed by atoms with Gasteiger partial charge in [0.15, 0.2) is 0 Å². The van der Waals surface area contributed by atoms with Gasteiger partial charge >= 0.3 is 21.7 Å². The molecule has 2 rings (SSSR count). The zero-order valence-corrected chi connectivity index (χ0v) is 18.8. The second-order valence-corrected chi connectivity index (χ2v) is 10.5. The zero-order chi connectivity index (χ0) is 13.5. The van der Waals surface area contributed by atoms with Gasteiger partial charge < -0.3 is 37.2 Å². The average molecular weight is 410 g/mol. The van der Waals surface area contributed by atoms with Gasteiger partial charge in [0.2, 0.25) is 0 Å². The molecule has 0 amide bonds. The smallest absolute Gasteiger partial charge is 1.00 e. The number of halogens is 3. The third-order valence-electron chi connectivity index (χ3n) is 3.86. The second-order valence-electron chi connectivity index (χ2n) is 6.13. The minimum atomic E-state index is -1.54. The Kier molecular flexibility index (Phi) is 12.7. The van der Waals surface area contributed by atoms with E-state index in [0.717, 1.165) is 0 Å². The van der Waals surface area contributed by atoms with Crippen molar-refractivity contribution in [3.05, 3.63) is 52.6 Å². The maximum absolute atomic E-state index is 2.46. The van der Waals surface area contributed by atoms with Crippen molar-refractivity contribution in [1.82, 2.24) is 0 Å². The van der Waals surface area contributed by atoms with Gasteiger partial charge in [-0.2, -0.15) is 16.8 Å². The Morgan fingerprint density at radius 3 is 1.55 bits per heavy atom. The van der Waals surface area contributed by atoms with Crippen molar-refractivity contribution in [3.63, 3.8) is 0 Å². The van der Waals surface area contributed by atoms with E-state index >= 15 is 0 Å². The molecule has 0 atom stereocenters. The van der Waals surface area contributed by atoms with Crippen molar-refractivity contribution < 1.29 is 58.9 Å². The molecule has 0 N–H and O–H groups in total. The van der Waals surface area contributed by atoms with E-state index in [-0.39, 0.29) is 58.9 Å². The molecule has 0 aromatic heterocycles. The summed E-state index contributed by atoms with van der Waals surface area (Å²) in [5, 5.41) is 3.14. The molecule has 0 heterocycles. The van der Waals surface area contributed by atoms with Gasteiger partial charge in [0.25, 0.3) is 0 Å². The Bertz CT molecular complexity index is 571. The zero-order valence-electron chi connectivity index (χ0n) is 14.0. The van der Waals surface area contributed by atoms with Crippen LogP contribution in [0.5, 0.6) is 0 Å². The summed E-state index contributed by atoms with van der Waals surface area (Å²) in [5.74, 6) is 0. The van der Waals surface area contributed by atoms with Crippen LogP contribution in [0.15, 0.2) is 30.3 Å². The summed E-state index contributed by atoms with van der Waals surface area (Å²) in [6.07, 6.45) is 0. The van der Waals surface area contributed by atoms with Crippen molar-refractivity contribution in [2.45, 2.75) is 40.8 Å². The van der Waals surface area contributed by atoms with Crippen molar-refractivity contribution >= 4 is 18.4 Å². The standard InChI is InChI=1S/C17H23Si.3ClH.Ti/c1-12-7-13(2)10-16(9-12)18(5,6)17-11-14(3)8-15(17)4;;;;/h7-11H,1-6H3;3*1H;/q-1;;;;+4/p-3. The molecule has 120 valence electrons. The molecule has 0 bridgehead atoms. The van der Waals surface area contributed by atoms with Crippen molar-refractivity contribution in [2.24, 2.45) is 0 Å². The van der Waals surface area contributed by atoms with Crippen molar-refractivity contribution in [3.8, 4) is 0 Å². The van der Waals surface area contributed by atoms with E-state index in [4.69, 9.17) is 0 Å². The van der Waals surface area contributed by atoms with Crippen LogP contribution in [-0.4, -0.2) is 8.07 Å². The summed E-state index contributed by atoms with van der Waals surface area (Å²) in [5.41, 5.74) is 5.62. The van der Waals surface area contributed by atoms with Gasteiger partial charge in [-0.1, -0.05) is 61.5 Å². The Hall–Kier alpha value is 0.371. The Morgan fingerprint density at radius 1 is 0.727 bits per heavy atom. The normalized spacial score (nSPS) is 9.73. The largest absolute Gasteiger partial charge is 4.00 e. The van der Waals surface area contributed by atoms with Crippen molar-refractivity contribution in [2.75, 3.05) is 0 Å². The molecule has 0 saturated carbocycles. The van der Waals surface area contributed by atoms with Crippen LogP contribution >= 0.6 is 0 Å². The van der Waals surface area contributed by atoms with Gasteiger partial charge in [-0.25, -0.2) is 11.6 Å². The van der Waals surface area contributed by atoms with Gasteiger partial charge in [0, 0.05) is 0 Å². The molecule has 2 aromatic carbocycles. The maximum atomic E-state index is 2.46. The summed E-state index contributed by atoms with van der Waals surface area (Å²) in [6, 6.07) is 11.7. The van der Waals surface area contributed by atoms with Crippen LogP contribution in [0.2, 0.25) is 13.1 Å². The van der Waals surface area contributed by atoms with Crippen LogP contribution in [0.3, 0.4) is 0 Å². The Morgan fingerprint density at radius 2 is 1.18 bits per heavy atom. The fourth-order valence-corrected chi connectivity index (χ4v) is 6.10. The molecule has 0 spiro atoms.